The smallest absolute Gasteiger partial charge is 0.416 e. The normalized spacial score (nSPS) is 11.9. The van der Waals surface area contributed by atoms with E-state index in [1.54, 1.807) is 0 Å². The number of nitrogens with one attached hydrogen (secondary N) is 1. The van der Waals surface area contributed by atoms with Crippen LogP contribution in [0.5, 0.6) is 5.75 Å². The minimum Gasteiger partial charge on any atom is -0.493 e. The Hall–Kier alpha value is -2.50. The molecule has 2 aromatic carbocycles. The first kappa shape index (κ1) is 15.4. The van der Waals surface area contributed by atoms with Gasteiger partial charge in [-0.15, -0.1) is 0 Å². The third-order valence-electron chi connectivity index (χ3n) is 3.50. The number of benzene rings is 2. The van der Waals surface area contributed by atoms with Crippen LogP contribution in [-0.2, 0) is 6.18 Å². The average Bonchev–Trinajstić information content (AvgIpc) is 2.89. The fourth-order valence-corrected chi connectivity index (χ4v) is 2.41. The van der Waals surface area contributed by atoms with Gasteiger partial charge in [0, 0.05) is 0 Å². The summed E-state index contributed by atoms with van der Waals surface area (Å²) >= 11 is 0. The van der Waals surface area contributed by atoms with E-state index in [9.17, 15) is 13.2 Å². The summed E-state index contributed by atoms with van der Waals surface area (Å²) in [6.45, 7) is 4.32. The van der Waals surface area contributed by atoms with Crippen LogP contribution in [0.25, 0.3) is 22.4 Å². The van der Waals surface area contributed by atoms with Crippen molar-refractivity contribution in [1.29, 1.82) is 0 Å². The van der Waals surface area contributed by atoms with E-state index in [4.69, 9.17) is 4.74 Å². The maximum atomic E-state index is 12.8. The Bertz CT molecular complexity index is 853. The summed E-state index contributed by atoms with van der Waals surface area (Å²) in [7, 11) is 0. The van der Waals surface area contributed by atoms with Crippen LogP contribution in [0.3, 0.4) is 0 Å². The number of nitrogens with zero attached hydrogens (tertiary/aromatic N) is 1. The molecule has 0 spiro atoms. The largest absolute Gasteiger partial charge is 0.493 e. The first-order chi connectivity index (χ1) is 10.9. The molecule has 0 aliphatic carbocycles. The Labute approximate surface area is 131 Å². The van der Waals surface area contributed by atoms with Crippen LogP contribution < -0.4 is 4.74 Å². The van der Waals surface area contributed by atoms with Gasteiger partial charge in [0.25, 0.3) is 0 Å². The number of fused-ring (bicyclic) bond motifs is 1. The molecule has 0 atom stereocenters. The van der Waals surface area contributed by atoms with Gasteiger partial charge in [-0.25, -0.2) is 4.98 Å². The fraction of sp³-hybridized carbons (Fsp3) is 0.235. The summed E-state index contributed by atoms with van der Waals surface area (Å²) in [5.41, 5.74) is 1.89. The lowest BCUT2D eigenvalue weighted by molar-refractivity contribution is -0.137. The van der Waals surface area contributed by atoms with Crippen LogP contribution in [0, 0.1) is 6.92 Å². The van der Waals surface area contributed by atoms with E-state index in [0.29, 0.717) is 29.2 Å². The molecular formula is C17H15F3N2O. The second-order valence-electron chi connectivity index (χ2n) is 5.25. The number of aromatic amines is 1. The lowest BCUT2D eigenvalue weighted by Gasteiger charge is -2.09. The van der Waals surface area contributed by atoms with Crippen LogP contribution in [-0.4, -0.2) is 16.6 Å². The molecule has 0 aliphatic rings. The second kappa shape index (κ2) is 5.61. The van der Waals surface area contributed by atoms with Crippen molar-refractivity contribution in [3.63, 3.8) is 0 Å². The van der Waals surface area contributed by atoms with Gasteiger partial charge < -0.3 is 9.72 Å². The molecule has 3 nitrogen and oxygen atoms in total. The van der Waals surface area contributed by atoms with Gasteiger partial charge in [-0.05, 0) is 49.7 Å². The molecule has 3 aromatic rings. The lowest BCUT2D eigenvalue weighted by Crippen LogP contribution is -2.04. The zero-order valence-corrected chi connectivity index (χ0v) is 12.7. The first-order valence-corrected chi connectivity index (χ1v) is 7.19. The standard InChI is InChI=1S/C17H15F3N2O/c1-3-23-15-8-10(2)4-6-12(15)16-21-13-7-5-11(17(18,19)20)9-14(13)22-16/h4-9H,3H2,1-2H3,(H,21,22). The molecule has 0 unspecified atom stereocenters. The van der Waals surface area contributed by atoms with Crippen molar-refractivity contribution in [2.24, 2.45) is 0 Å². The number of hydrogen-bond donors (Lipinski definition) is 1. The predicted molar refractivity (Wildman–Crippen MR) is 82.4 cm³/mol. The van der Waals surface area contributed by atoms with Crippen LogP contribution in [0.2, 0.25) is 0 Å². The molecule has 1 N–H and O–H groups in total. The van der Waals surface area contributed by atoms with Crippen molar-refractivity contribution in [3.05, 3.63) is 47.5 Å². The van der Waals surface area contributed by atoms with Crippen LogP contribution in [0.15, 0.2) is 36.4 Å². The van der Waals surface area contributed by atoms with Gasteiger partial charge in [0.15, 0.2) is 0 Å². The molecule has 1 aromatic heterocycles. The average molecular weight is 320 g/mol. The van der Waals surface area contributed by atoms with E-state index in [2.05, 4.69) is 9.97 Å². The summed E-state index contributed by atoms with van der Waals surface area (Å²) in [4.78, 5) is 7.33. The van der Waals surface area contributed by atoms with E-state index in [1.807, 2.05) is 32.0 Å². The predicted octanol–water partition coefficient (Wildman–Crippen LogP) is 4.96. The summed E-state index contributed by atoms with van der Waals surface area (Å²) in [6, 6.07) is 9.11. The fourth-order valence-electron chi connectivity index (χ4n) is 2.41. The van der Waals surface area contributed by atoms with Gasteiger partial charge in [-0.2, -0.15) is 13.2 Å². The van der Waals surface area contributed by atoms with Gasteiger partial charge in [-0.3, -0.25) is 0 Å². The summed E-state index contributed by atoms with van der Waals surface area (Å²) < 4.78 is 44.0. The molecule has 0 saturated carbocycles. The van der Waals surface area contributed by atoms with E-state index in [0.717, 1.165) is 23.3 Å². The number of alkyl halides is 3. The van der Waals surface area contributed by atoms with Gasteiger partial charge >= 0.3 is 6.18 Å². The quantitative estimate of drug-likeness (QED) is 0.741. The molecule has 0 aliphatic heterocycles. The van der Waals surface area contributed by atoms with Crippen molar-refractivity contribution >= 4 is 11.0 Å². The third kappa shape index (κ3) is 3.02. The molecule has 0 amide bonds. The Kier molecular flexibility index (Phi) is 3.75. The minimum atomic E-state index is -4.38. The van der Waals surface area contributed by atoms with E-state index in [1.165, 1.54) is 6.07 Å². The topological polar surface area (TPSA) is 37.9 Å². The van der Waals surface area contributed by atoms with Gasteiger partial charge in [0.1, 0.15) is 11.6 Å². The molecule has 23 heavy (non-hydrogen) atoms. The highest BCUT2D eigenvalue weighted by Gasteiger charge is 2.30. The second-order valence-corrected chi connectivity index (χ2v) is 5.25. The highest BCUT2D eigenvalue weighted by molar-refractivity contribution is 5.81. The van der Waals surface area contributed by atoms with E-state index < -0.39 is 11.7 Å². The molecule has 120 valence electrons. The summed E-state index contributed by atoms with van der Waals surface area (Å²) in [6.07, 6.45) is -4.38. The number of halogens is 3. The maximum Gasteiger partial charge on any atom is 0.416 e. The van der Waals surface area contributed by atoms with Crippen LogP contribution >= 0.6 is 0 Å². The van der Waals surface area contributed by atoms with Crippen LogP contribution in [0.1, 0.15) is 18.1 Å². The Morgan fingerprint density at radius 1 is 1.13 bits per heavy atom. The molecule has 0 fully saturated rings. The maximum absolute atomic E-state index is 12.8. The number of rotatable bonds is 3. The van der Waals surface area contributed by atoms with Crippen molar-refractivity contribution in [1.82, 2.24) is 9.97 Å². The molecule has 0 saturated heterocycles. The zero-order valence-electron chi connectivity index (χ0n) is 12.7. The Morgan fingerprint density at radius 2 is 1.91 bits per heavy atom. The number of aromatic nitrogens is 2. The van der Waals surface area contributed by atoms with Crippen molar-refractivity contribution in [2.75, 3.05) is 6.61 Å². The van der Waals surface area contributed by atoms with Gasteiger partial charge in [0.05, 0.1) is 28.8 Å². The van der Waals surface area contributed by atoms with Crippen molar-refractivity contribution in [2.45, 2.75) is 20.0 Å². The number of imidazole rings is 1. The molecule has 0 radical (unpaired) electrons. The third-order valence-corrected chi connectivity index (χ3v) is 3.50. The van der Waals surface area contributed by atoms with Crippen molar-refractivity contribution < 1.29 is 17.9 Å². The van der Waals surface area contributed by atoms with E-state index in [-0.39, 0.29) is 0 Å². The molecule has 3 rings (SSSR count). The minimum absolute atomic E-state index is 0.345. The first-order valence-electron chi connectivity index (χ1n) is 7.19. The number of hydrogen-bond acceptors (Lipinski definition) is 2. The molecule has 1 heterocycles. The van der Waals surface area contributed by atoms with Gasteiger partial charge in [-0.1, -0.05) is 6.07 Å². The monoisotopic (exact) mass is 320 g/mol. The van der Waals surface area contributed by atoms with Gasteiger partial charge in [0.2, 0.25) is 0 Å². The summed E-state index contributed by atoms with van der Waals surface area (Å²) in [5, 5.41) is 0. The van der Waals surface area contributed by atoms with Crippen LogP contribution in [0.4, 0.5) is 13.2 Å². The highest BCUT2D eigenvalue weighted by atomic mass is 19.4. The number of ether oxygens (including phenoxy) is 1. The molecular weight excluding hydrogens is 305 g/mol. The highest BCUT2D eigenvalue weighted by Crippen LogP contribution is 2.33. The summed E-state index contributed by atoms with van der Waals surface area (Å²) in [5.74, 6) is 1.14. The molecule has 0 bridgehead atoms. The Morgan fingerprint density at radius 3 is 2.61 bits per heavy atom. The zero-order chi connectivity index (χ0) is 16.6. The number of H-pyrrole nitrogens is 1. The Balaban J connectivity index is 2.11. The van der Waals surface area contributed by atoms with E-state index >= 15 is 0 Å². The molecule has 6 heteroatoms. The lowest BCUT2D eigenvalue weighted by atomic mass is 10.1. The van der Waals surface area contributed by atoms with Crippen molar-refractivity contribution in [3.8, 4) is 17.1 Å². The SMILES string of the molecule is CCOc1cc(C)ccc1-c1nc2ccc(C(F)(F)F)cc2[nH]1. The number of aryl methyl sites for hydroxylation is 1.